The fraction of sp³-hybridized carbons (Fsp3) is 0.550. The molecule has 29 heavy (non-hydrogen) atoms. The van der Waals surface area contributed by atoms with Crippen LogP contribution >= 0.6 is 11.3 Å². The summed E-state index contributed by atoms with van der Waals surface area (Å²) in [5.74, 6) is 0.813. The molecule has 2 aromatic heterocycles. The molecule has 1 fully saturated rings. The summed E-state index contributed by atoms with van der Waals surface area (Å²) in [4.78, 5) is 0.782. The van der Waals surface area contributed by atoms with Crippen molar-refractivity contribution in [3.05, 3.63) is 45.7 Å². The summed E-state index contributed by atoms with van der Waals surface area (Å²) in [5, 5.41) is 14.5. The highest BCUT2D eigenvalue weighted by Crippen LogP contribution is 2.29. The standard InChI is InChI=1S/C20H25N5O2S2/c1-29(26,27)24-10-4-7-17(13-24)19-21-22-20-25(19)23-18(28-20)12-14-8-9-15-5-2-3-6-16(15)11-14/h8-9,11,17H,2-7,10,12-13H2,1H3. The van der Waals surface area contributed by atoms with Crippen LogP contribution in [-0.4, -0.2) is 51.9 Å². The maximum atomic E-state index is 11.9. The fourth-order valence-corrected chi connectivity index (χ4v) is 6.31. The molecule has 0 bridgehead atoms. The van der Waals surface area contributed by atoms with Crippen LogP contribution < -0.4 is 0 Å². The molecule has 1 aromatic carbocycles. The molecule has 7 nitrogen and oxygen atoms in total. The Labute approximate surface area is 174 Å². The second-order valence-corrected chi connectivity index (χ2v) is 11.2. The molecule has 0 radical (unpaired) electrons. The number of sulfonamides is 1. The quantitative estimate of drug-likeness (QED) is 0.635. The van der Waals surface area contributed by atoms with Gasteiger partial charge in [-0.15, -0.1) is 10.2 Å². The molecule has 9 heteroatoms. The van der Waals surface area contributed by atoms with Crippen LogP contribution in [0.4, 0.5) is 0 Å². The van der Waals surface area contributed by atoms with Gasteiger partial charge in [0, 0.05) is 25.4 Å². The van der Waals surface area contributed by atoms with Crippen LogP contribution in [0.1, 0.15) is 59.1 Å². The number of aryl methyl sites for hydroxylation is 2. The zero-order valence-corrected chi connectivity index (χ0v) is 18.2. The number of aromatic nitrogens is 4. The van der Waals surface area contributed by atoms with Gasteiger partial charge in [0.15, 0.2) is 5.82 Å². The van der Waals surface area contributed by atoms with Gasteiger partial charge in [-0.05, 0) is 55.2 Å². The normalized spacial score (nSPS) is 20.8. The summed E-state index contributed by atoms with van der Waals surface area (Å²) < 4.78 is 27.3. The van der Waals surface area contributed by atoms with Crippen molar-refractivity contribution in [3.63, 3.8) is 0 Å². The topological polar surface area (TPSA) is 80.5 Å². The molecule has 1 aliphatic carbocycles. The minimum absolute atomic E-state index is 0.0344. The molecule has 0 N–H and O–H groups in total. The van der Waals surface area contributed by atoms with Gasteiger partial charge in [-0.1, -0.05) is 29.5 Å². The van der Waals surface area contributed by atoms with E-state index in [-0.39, 0.29) is 5.92 Å². The molecule has 0 amide bonds. The molecule has 1 atom stereocenters. The average Bonchev–Trinajstić information content (AvgIpc) is 3.27. The summed E-state index contributed by atoms with van der Waals surface area (Å²) >= 11 is 1.57. The monoisotopic (exact) mass is 431 g/mol. The highest BCUT2D eigenvalue weighted by molar-refractivity contribution is 7.88. The molecule has 0 saturated carbocycles. The fourth-order valence-electron chi connectivity index (χ4n) is 4.52. The Morgan fingerprint density at radius 3 is 2.79 bits per heavy atom. The maximum absolute atomic E-state index is 11.9. The summed E-state index contributed by atoms with van der Waals surface area (Å²) in [6.07, 6.45) is 8.75. The van der Waals surface area contributed by atoms with E-state index in [4.69, 9.17) is 5.10 Å². The van der Waals surface area contributed by atoms with Crippen LogP contribution in [0.2, 0.25) is 0 Å². The summed E-state index contributed by atoms with van der Waals surface area (Å²) in [7, 11) is -3.19. The Hall–Kier alpha value is -1.84. The van der Waals surface area contributed by atoms with E-state index in [0.29, 0.717) is 13.1 Å². The lowest BCUT2D eigenvalue weighted by molar-refractivity contribution is 0.309. The lowest BCUT2D eigenvalue weighted by atomic mass is 9.90. The summed E-state index contributed by atoms with van der Waals surface area (Å²) in [6.45, 7) is 1.04. The van der Waals surface area contributed by atoms with Gasteiger partial charge in [0.05, 0.1) is 6.26 Å². The second kappa shape index (κ2) is 7.45. The van der Waals surface area contributed by atoms with Crippen molar-refractivity contribution in [1.29, 1.82) is 0 Å². The molecular weight excluding hydrogens is 406 g/mol. The lowest BCUT2D eigenvalue weighted by Gasteiger charge is -2.29. The van der Waals surface area contributed by atoms with Gasteiger partial charge in [0.2, 0.25) is 15.0 Å². The van der Waals surface area contributed by atoms with Crippen molar-refractivity contribution in [2.24, 2.45) is 0 Å². The predicted molar refractivity (Wildman–Crippen MR) is 113 cm³/mol. The molecule has 1 aliphatic heterocycles. The Morgan fingerprint density at radius 1 is 1.14 bits per heavy atom. The molecule has 1 unspecified atom stereocenters. The van der Waals surface area contributed by atoms with E-state index in [1.165, 1.54) is 48.6 Å². The number of rotatable bonds is 4. The number of hydrogen-bond acceptors (Lipinski definition) is 6. The predicted octanol–water partition coefficient (Wildman–Crippen LogP) is 2.79. The third-order valence-corrected chi connectivity index (χ3v) is 8.21. The number of nitrogens with zero attached hydrogens (tertiary/aromatic N) is 5. The third-order valence-electron chi connectivity index (χ3n) is 6.04. The zero-order valence-electron chi connectivity index (χ0n) is 16.5. The highest BCUT2D eigenvalue weighted by atomic mass is 32.2. The molecule has 0 spiro atoms. The van der Waals surface area contributed by atoms with Crippen molar-refractivity contribution in [1.82, 2.24) is 24.1 Å². The van der Waals surface area contributed by atoms with Crippen LogP contribution in [0.5, 0.6) is 0 Å². The smallest absolute Gasteiger partial charge is 0.213 e. The maximum Gasteiger partial charge on any atom is 0.234 e. The Balaban J connectivity index is 1.39. The van der Waals surface area contributed by atoms with Gasteiger partial charge in [-0.25, -0.2) is 12.7 Å². The largest absolute Gasteiger partial charge is 0.234 e. The van der Waals surface area contributed by atoms with E-state index < -0.39 is 10.0 Å². The van der Waals surface area contributed by atoms with Gasteiger partial charge in [0.1, 0.15) is 5.01 Å². The minimum atomic E-state index is -3.19. The van der Waals surface area contributed by atoms with Gasteiger partial charge >= 0.3 is 0 Å². The second-order valence-electron chi connectivity index (χ2n) is 8.20. The first kappa shape index (κ1) is 19.1. The Kier molecular flexibility index (Phi) is 4.92. The Bertz CT molecular complexity index is 1150. The Morgan fingerprint density at radius 2 is 1.97 bits per heavy atom. The van der Waals surface area contributed by atoms with E-state index >= 15 is 0 Å². The third kappa shape index (κ3) is 3.83. The van der Waals surface area contributed by atoms with Crippen molar-refractivity contribution >= 4 is 26.3 Å². The van der Waals surface area contributed by atoms with Crippen molar-refractivity contribution in [3.8, 4) is 0 Å². The van der Waals surface area contributed by atoms with Gasteiger partial charge in [0.25, 0.3) is 0 Å². The van der Waals surface area contributed by atoms with E-state index in [2.05, 4.69) is 28.4 Å². The lowest BCUT2D eigenvalue weighted by Crippen LogP contribution is -2.38. The minimum Gasteiger partial charge on any atom is -0.213 e. The van der Waals surface area contributed by atoms with Gasteiger partial charge in [-0.3, -0.25) is 0 Å². The molecule has 154 valence electrons. The van der Waals surface area contributed by atoms with Crippen LogP contribution in [-0.2, 0) is 29.3 Å². The van der Waals surface area contributed by atoms with Crippen molar-refractivity contribution in [2.45, 2.75) is 50.9 Å². The van der Waals surface area contributed by atoms with E-state index in [0.717, 1.165) is 35.1 Å². The number of benzene rings is 1. The molecule has 3 aromatic rings. The zero-order chi connectivity index (χ0) is 20.0. The van der Waals surface area contributed by atoms with E-state index in [9.17, 15) is 8.42 Å². The molecule has 3 heterocycles. The number of fused-ring (bicyclic) bond motifs is 2. The van der Waals surface area contributed by atoms with Gasteiger partial charge < -0.3 is 0 Å². The van der Waals surface area contributed by atoms with Crippen LogP contribution in [0.15, 0.2) is 18.2 Å². The van der Waals surface area contributed by atoms with Crippen LogP contribution in [0, 0.1) is 0 Å². The molecule has 1 saturated heterocycles. The molecular formula is C20H25N5O2S2. The number of hydrogen-bond donors (Lipinski definition) is 0. The molecule has 2 aliphatic rings. The number of piperidine rings is 1. The van der Waals surface area contributed by atoms with Crippen LogP contribution in [0.3, 0.4) is 0 Å². The van der Waals surface area contributed by atoms with Gasteiger partial charge in [-0.2, -0.15) is 9.61 Å². The average molecular weight is 432 g/mol. The van der Waals surface area contributed by atoms with Crippen LogP contribution in [0.25, 0.3) is 4.96 Å². The van der Waals surface area contributed by atoms with Crippen molar-refractivity contribution in [2.75, 3.05) is 19.3 Å². The highest BCUT2D eigenvalue weighted by Gasteiger charge is 2.30. The summed E-state index contributed by atoms with van der Waals surface area (Å²) in [5.41, 5.74) is 4.27. The van der Waals surface area contributed by atoms with E-state index in [1.807, 2.05) is 4.52 Å². The molecule has 5 rings (SSSR count). The first-order chi connectivity index (χ1) is 14.0. The summed E-state index contributed by atoms with van der Waals surface area (Å²) in [6, 6.07) is 6.83. The van der Waals surface area contributed by atoms with E-state index in [1.54, 1.807) is 15.6 Å². The SMILES string of the molecule is CS(=O)(=O)N1CCCC(c2nnc3sc(Cc4ccc5c(c4)CCCC5)nn23)C1. The first-order valence-corrected chi connectivity index (χ1v) is 12.9. The first-order valence-electron chi connectivity index (χ1n) is 10.2. The van der Waals surface area contributed by atoms with Crippen molar-refractivity contribution < 1.29 is 8.42 Å².